The number of nitrogens with one attached hydrogen (secondary N) is 1. The van der Waals surface area contributed by atoms with Crippen molar-refractivity contribution in [3.05, 3.63) is 58.8 Å². The Labute approximate surface area is 103 Å². The lowest BCUT2D eigenvalue weighted by atomic mass is 9.99. The van der Waals surface area contributed by atoms with Crippen molar-refractivity contribution in [2.45, 2.75) is 20.8 Å². The number of rotatable bonds is 4. The molecule has 0 amide bonds. The van der Waals surface area contributed by atoms with Crippen LogP contribution in [0.25, 0.3) is 0 Å². The van der Waals surface area contributed by atoms with Crippen molar-refractivity contribution < 1.29 is 0 Å². The maximum absolute atomic E-state index is 8.22. The minimum Gasteiger partial charge on any atom is -0.300 e. The van der Waals surface area contributed by atoms with E-state index in [-0.39, 0.29) is 0 Å². The number of hydrogen-bond donors (Lipinski definition) is 1. The molecular weight excluding hydrogens is 208 g/mol. The quantitative estimate of drug-likeness (QED) is 0.595. The molecule has 17 heavy (non-hydrogen) atoms. The van der Waals surface area contributed by atoms with E-state index < -0.39 is 0 Å². The Kier molecular flexibility index (Phi) is 4.58. The van der Waals surface area contributed by atoms with E-state index in [9.17, 15) is 0 Å². The summed E-state index contributed by atoms with van der Waals surface area (Å²) in [4.78, 5) is 3.93. The van der Waals surface area contributed by atoms with Gasteiger partial charge in [-0.25, -0.2) is 0 Å². The zero-order chi connectivity index (χ0) is 12.8. The first kappa shape index (κ1) is 13.1. The molecule has 0 unspecified atom stereocenters. The molecule has 0 saturated heterocycles. The van der Waals surface area contributed by atoms with Crippen LogP contribution in [0, 0.1) is 5.41 Å². The Morgan fingerprint density at radius 1 is 1.18 bits per heavy atom. The molecule has 0 aliphatic heterocycles. The van der Waals surface area contributed by atoms with Gasteiger partial charge in [0.05, 0.1) is 5.71 Å². The second kappa shape index (κ2) is 5.94. The number of hydrogen-bond acceptors (Lipinski definition) is 2. The van der Waals surface area contributed by atoms with Crippen LogP contribution in [0.15, 0.2) is 58.2 Å². The fourth-order valence-corrected chi connectivity index (χ4v) is 1.49. The second-order valence-electron chi connectivity index (χ2n) is 4.12. The van der Waals surface area contributed by atoms with Crippen LogP contribution in [-0.2, 0) is 0 Å². The van der Waals surface area contributed by atoms with E-state index in [1.807, 2.05) is 57.2 Å². The lowest BCUT2D eigenvalue weighted by Crippen LogP contribution is -2.03. The minimum atomic E-state index is 0.483. The van der Waals surface area contributed by atoms with Gasteiger partial charge < -0.3 is 0 Å². The van der Waals surface area contributed by atoms with Gasteiger partial charge in [-0.15, -0.1) is 0 Å². The van der Waals surface area contributed by atoms with E-state index in [0.29, 0.717) is 5.71 Å². The summed E-state index contributed by atoms with van der Waals surface area (Å²) < 4.78 is 0. The molecule has 2 nitrogen and oxygen atoms in total. The third kappa shape index (κ3) is 3.52. The SMILES string of the molecule is C=N/C(C)=C(/C=C(C)C)C(=N)c1ccccc1. The minimum absolute atomic E-state index is 0.483. The molecule has 0 spiro atoms. The Balaban J connectivity index is 3.23. The number of nitrogens with zero attached hydrogens (tertiary/aromatic N) is 1. The smallest absolute Gasteiger partial charge is 0.0702 e. The van der Waals surface area contributed by atoms with E-state index in [2.05, 4.69) is 11.7 Å². The summed E-state index contributed by atoms with van der Waals surface area (Å²) in [5, 5.41) is 8.22. The van der Waals surface area contributed by atoms with Gasteiger partial charge in [0.25, 0.3) is 0 Å². The summed E-state index contributed by atoms with van der Waals surface area (Å²) >= 11 is 0. The molecule has 0 radical (unpaired) electrons. The molecule has 0 bridgehead atoms. The van der Waals surface area contributed by atoms with Gasteiger partial charge in [-0.2, -0.15) is 0 Å². The molecule has 1 rings (SSSR count). The van der Waals surface area contributed by atoms with Crippen molar-refractivity contribution in [3.8, 4) is 0 Å². The van der Waals surface area contributed by atoms with Gasteiger partial charge in [0.1, 0.15) is 0 Å². The molecule has 0 atom stereocenters. The van der Waals surface area contributed by atoms with Crippen LogP contribution in [-0.4, -0.2) is 12.4 Å². The molecule has 1 N–H and O–H groups in total. The van der Waals surface area contributed by atoms with Crippen LogP contribution in [0.1, 0.15) is 26.3 Å². The Morgan fingerprint density at radius 3 is 2.24 bits per heavy atom. The van der Waals surface area contributed by atoms with Gasteiger partial charge in [-0.1, -0.05) is 42.0 Å². The maximum Gasteiger partial charge on any atom is 0.0702 e. The van der Waals surface area contributed by atoms with Crippen LogP contribution in [0.5, 0.6) is 0 Å². The molecule has 0 heterocycles. The van der Waals surface area contributed by atoms with Gasteiger partial charge in [-0.3, -0.25) is 10.4 Å². The first-order valence-electron chi connectivity index (χ1n) is 5.53. The molecule has 0 aliphatic carbocycles. The van der Waals surface area contributed by atoms with Crippen molar-refractivity contribution in [1.82, 2.24) is 0 Å². The van der Waals surface area contributed by atoms with E-state index in [4.69, 9.17) is 5.41 Å². The summed E-state index contributed by atoms with van der Waals surface area (Å²) in [6.07, 6.45) is 1.97. The van der Waals surface area contributed by atoms with Gasteiger partial charge in [-0.05, 0) is 27.5 Å². The number of allylic oxidation sites excluding steroid dienone is 4. The molecule has 1 aromatic carbocycles. The van der Waals surface area contributed by atoms with Crippen molar-refractivity contribution in [3.63, 3.8) is 0 Å². The van der Waals surface area contributed by atoms with Gasteiger partial charge in [0.15, 0.2) is 0 Å². The molecule has 0 saturated carbocycles. The molecular formula is C15H18N2. The highest BCUT2D eigenvalue weighted by molar-refractivity contribution is 6.12. The first-order valence-corrected chi connectivity index (χ1v) is 5.53. The molecule has 88 valence electrons. The molecule has 0 aliphatic rings. The second-order valence-corrected chi connectivity index (χ2v) is 4.12. The third-order valence-corrected chi connectivity index (χ3v) is 2.39. The lowest BCUT2D eigenvalue weighted by molar-refractivity contribution is 1.27. The van der Waals surface area contributed by atoms with Crippen molar-refractivity contribution in [1.29, 1.82) is 5.41 Å². The van der Waals surface area contributed by atoms with E-state index >= 15 is 0 Å². The molecule has 1 aromatic rings. The number of benzene rings is 1. The summed E-state index contributed by atoms with van der Waals surface area (Å²) in [5.41, 5.74) is 4.12. The van der Waals surface area contributed by atoms with Crippen LogP contribution in [0.2, 0.25) is 0 Å². The lowest BCUT2D eigenvalue weighted by Gasteiger charge is -2.08. The van der Waals surface area contributed by atoms with Crippen molar-refractivity contribution in [2.75, 3.05) is 0 Å². The standard InChI is InChI=1S/C15H18N2/c1-11(2)10-14(12(3)17-4)15(16)13-8-6-5-7-9-13/h5-10,16H,4H2,1-3H3/b14-12-,16-15?. The summed E-state index contributed by atoms with van der Waals surface area (Å²) in [7, 11) is 0. The predicted octanol–water partition coefficient (Wildman–Crippen LogP) is 4.00. The summed E-state index contributed by atoms with van der Waals surface area (Å²) in [6, 6.07) is 9.66. The Morgan fingerprint density at radius 2 is 1.76 bits per heavy atom. The zero-order valence-corrected chi connectivity index (χ0v) is 10.6. The highest BCUT2D eigenvalue weighted by Crippen LogP contribution is 2.16. The monoisotopic (exact) mass is 226 g/mol. The third-order valence-electron chi connectivity index (χ3n) is 2.39. The van der Waals surface area contributed by atoms with Crippen LogP contribution < -0.4 is 0 Å². The Bertz CT molecular complexity index is 475. The van der Waals surface area contributed by atoms with Gasteiger partial charge in [0.2, 0.25) is 0 Å². The Hall–Kier alpha value is -1.96. The van der Waals surface area contributed by atoms with E-state index in [1.54, 1.807) is 0 Å². The number of aliphatic imine (C=N–C) groups is 1. The normalized spacial score (nSPS) is 11.5. The average Bonchev–Trinajstić information content (AvgIpc) is 2.35. The summed E-state index contributed by atoms with van der Waals surface area (Å²) in [6.45, 7) is 9.42. The highest BCUT2D eigenvalue weighted by Gasteiger charge is 2.08. The van der Waals surface area contributed by atoms with Crippen LogP contribution >= 0.6 is 0 Å². The van der Waals surface area contributed by atoms with Crippen LogP contribution in [0.4, 0.5) is 0 Å². The molecule has 0 fully saturated rings. The highest BCUT2D eigenvalue weighted by atomic mass is 14.7. The van der Waals surface area contributed by atoms with Gasteiger partial charge in [0, 0.05) is 16.8 Å². The fourth-order valence-electron chi connectivity index (χ4n) is 1.49. The average molecular weight is 226 g/mol. The predicted molar refractivity (Wildman–Crippen MR) is 75.0 cm³/mol. The van der Waals surface area contributed by atoms with E-state index in [1.165, 1.54) is 0 Å². The van der Waals surface area contributed by atoms with Crippen LogP contribution in [0.3, 0.4) is 0 Å². The fraction of sp³-hybridized carbons (Fsp3) is 0.200. The summed E-state index contributed by atoms with van der Waals surface area (Å²) in [5.74, 6) is 0. The largest absolute Gasteiger partial charge is 0.300 e. The van der Waals surface area contributed by atoms with Crippen molar-refractivity contribution >= 4 is 12.4 Å². The van der Waals surface area contributed by atoms with Gasteiger partial charge >= 0.3 is 0 Å². The van der Waals surface area contributed by atoms with Crippen molar-refractivity contribution in [2.24, 2.45) is 4.99 Å². The van der Waals surface area contributed by atoms with E-state index in [0.717, 1.165) is 22.4 Å². The zero-order valence-electron chi connectivity index (χ0n) is 10.6. The first-order chi connectivity index (χ1) is 8.06. The molecule has 0 aromatic heterocycles. The molecule has 2 heteroatoms. The maximum atomic E-state index is 8.22. The topological polar surface area (TPSA) is 36.2 Å².